The van der Waals surface area contributed by atoms with E-state index in [4.69, 9.17) is 4.42 Å². The third-order valence-corrected chi connectivity index (χ3v) is 5.82. The average molecular weight is 448 g/mol. The molecule has 0 fully saturated rings. The first-order valence-corrected chi connectivity index (χ1v) is 10.8. The van der Waals surface area contributed by atoms with Gasteiger partial charge in [0.25, 0.3) is 0 Å². The number of furan rings is 1. The van der Waals surface area contributed by atoms with Crippen LogP contribution in [0.5, 0.6) is 0 Å². The molecule has 1 N–H and O–H groups in total. The fourth-order valence-electron chi connectivity index (χ4n) is 3.03. The molecule has 0 spiro atoms. The zero-order valence-corrected chi connectivity index (χ0v) is 18.4. The molecule has 1 amide bonds. The van der Waals surface area contributed by atoms with Gasteiger partial charge < -0.3 is 9.73 Å². The van der Waals surface area contributed by atoms with E-state index >= 15 is 0 Å². The van der Waals surface area contributed by atoms with E-state index in [2.05, 4.69) is 20.5 Å². The summed E-state index contributed by atoms with van der Waals surface area (Å²) in [5, 5.41) is 11.7. The molecule has 0 aliphatic carbocycles. The van der Waals surface area contributed by atoms with E-state index in [-0.39, 0.29) is 11.7 Å². The molecule has 0 saturated carbocycles. The molecular formula is C23H21N5O3S. The van der Waals surface area contributed by atoms with Crippen molar-refractivity contribution < 1.29 is 14.0 Å². The highest BCUT2D eigenvalue weighted by Gasteiger charge is 2.22. The maximum Gasteiger partial charge on any atom is 0.237 e. The van der Waals surface area contributed by atoms with E-state index in [0.29, 0.717) is 28.8 Å². The number of aromatic nitrogens is 4. The molecule has 4 rings (SSSR count). The fraction of sp³-hybridized carbons (Fsp3) is 0.174. The number of carbonyl (C=O) groups excluding carboxylic acids is 2. The van der Waals surface area contributed by atoms with Gasteiger partial charge in [-0.3, -0.25) is 19.1 Å². The summed E-state index contributed by atoms with van der Waals surface area (Å²) in [6.07, 6.45) is 5.03. The number of hydrogen-bond acceptors (Lipinski definition) is 7. The van der Waals surface area contributed by atoms with Gasteiger partial charge in [0.2, 0.25) is 5.91 Å². The number of thioether (sulfide) groups is 1. The Balaban J connectivity index is 1.53. The van der Waals surface area contributed by atoms with Crippen LogP contribution in [0, 0.1) is 0 Å². The van der Waals surface area contributed by atoms with Gasteiger partial charge in [0.15, 0.2) is 16.8 Å². The van der Waals surface area contributed by atoms with Crippen LogP contribution in [0.2, 0.25) is 0 Å². The Labute approximate surface area is 189 Å². The number of rotatable bonds is 8. The van der Waals surface area contributed by atoms with Crippen molar-refractivity contribution in [2.24, 2.45) is 0 Å². The highest BCUT2D eigenvalue weighted by molar-refractivity contribution is 8.00. The number of carbonyl (C=O) groups is 2. The monoisotopic (exact) mass is 447 g/mol. The van der Waals surface area contributed by atoms with Crippen molar-refractivity contribution in [2.45, 2.75) is 30.8 Å². The summed E-state index contributed by atoms with van der Waals surface area (Å²) in [6.45, 7) is 3.73. The van der Waals surface area contributed by atoms with Crippen LogP contribution in [-0.2, 0) is 11.3 Å². The molecule has 3 heterocycles. The molecule has 0 aliphatic rings. The minimum absolute atomic E-state index is 0.0212. The third kappa shape index (κ3) is 4.94. The highest BCUT2D eigenvalue weighted by Crippen LogP contribution is 2.28. The highest BCUT2D eigenvalue weighted by atomic mass is 32.2. The number of anilines is 1. The van der Waals surface area contributed by atoms with Crippen LogP contribution < -0.4 is 5.32 Å². The lowest BCUT2D eigenvalue weighted by Gasteiger charge is -2.13. The zero-order valence-electron chi connectivity index (χ0n) is 17.6. The maximum atomic E-state index is 12.8. The summed E-state index contributed by atoms with van der Waals surface area (Å²) in [5.74, 6) is 1.19. The van der Waals surface area contributed by atoms with Gasteiger partial charge in [-0.25, -0.2) is 0 Å². The van der Waals surface area contributed by atoms with E-state index in [1.54, 1.807) is 49.8 Å². The van der Waals surface area contributed by atoms with Crippen molar-refractivity contribution in [3.8, 4) is 11.4 Å². The normalized spacial score (nSPS) is 11.8. The predicted molar refractivity (Wildman–Crippen MR) is 121 cm³/mol. The first kappa shape index (κ1) is 21.5. The van der Waals surface area contributed by atoms with Crippen molar-refractivity contribution in [1.82, 2.24) is 19.7 Å². The number of pyridine rings is 1. The number of nitrogens with one attached hydrogen (secondary N) is 1. The van der Waals surface area contributed by atoms with Crippen molar-refractivity contribution in [3.05, 3.63) is 78.5 Å². The molecule has 1 atom stereocenters. The van der Waals surface area contributed by atoms with E-state index in [1.165, 1.54) is 18.7 Å². The van der Waals surface area contributed by atoms with Crippen LogP contribution in [0.15, 0.2) is 76.8 Å². The molecular weight excluding hydrogens is 426 g/mol. The molecule has 0 saturated heterocycles. The summed E-state index contributed by atoms with van der Waals surface area (Å²) in [5.41, 5.74) is 2.04. The Morgan fingerprint density at radius 3 is 2.59 bits per heavy atom. The number of ketones is 1. The van der Waals surface area contributed by atoms with Crippen molar-refractivity contribution >= 4 is 29.1 Å². The molecule has 8 nitrogen and oxygen atoms in total. The summed E-state index contributed by atoms with van der Waals surface area (Å²) in [6, 6.07) is 14.3. The van der Waals surface area contributed by atoms with Gasteiger partial charge >= 0.3 is 0 Å². The quantitative estimate of drug-likeness (QED) is 0.317. The molecule has 0 aliphatic heterocycles. The summed E-state index contributed by atoms with van der Waals surface area (Å²) < 4.78 is 7.41. The first-order chi connectivity index (χ1) is 15.5. The Morgan fingerprint density at radius 1 is 1.12 bits per heavy atom. The number of nitrogens with zero attached hydrogens (tertiary/aromatic N) is 4. The van der Waals surface area contributed by atoms with Gasteiger partial charge in [0.05, 0.1) is 18.1 Å². The Morgan fingerprint density at radius 2 is 1.94 bits per heavy atom. The number of hydrogen-bond donors (Lipinski definition) is 1. The second kappa shape index (κ2) is 9.61. The van der Waals surface area contributed by atoms with Gasteiger partial charge in [0, 0.05) is 29.2 Å². The van der Waals surface area contributed by atoms with Crippen molar-refractivity contribution in [1.29, 1.82) is 0 Å². The average Bonchev–Trinajstić information content (AvgIpc) is 3.45. The topological polar surface area (TPSA) is 103 Å². The van der Waals surface area contributed by atoms with E-state index < -0.39 is 5.25 Å². The van der Waals surface area contributed by atoms with Crippen LogP contribution in [0.3, 0.4) is 0 Å². The molecule has 162 valence electrons. The first-order valence-electron chi connectivity index (χ1n) is 9.96. The summed E-state index contributed by atoms with van der Waals surface area (Å²) >= 11 is 1.30. The number of amides is 1. The van der Waals surface area contributed by atoms with Crippen LogP contribution in [0.1, 0.15) is 30.0 Å². The molecule has 1 aromatic carbocycles. The van der Waals surface area contributed by atoms with E-state index in [9.17, 15) is 9.59 Å². The summed E-state index contributed by atoms with van der Waals surface area (Å²) in [7, 11) is 0. The molecule has 0 radical (unpaired) electrons. The Kier molecular flexibility index (Phi) is 6.46. The lowest BCUT2D eigenvalue weighted by Crippen LogP contribution is -2.23. The van der Waals surface area contributed by atoms with Crippen LogP contribution in [-0.4, -0.2) is 36.7 Å². The van der Waals surface area contributed by atoms with Crippen molar-refractivity contribution in [2.75, 3.05) is 5.32 Å². The van der Waals surface area contributed by atoms with Gasteiger partial charge in [-0.2, -0.15) is 0 Å². The van der Waals surface area contributed by atoms with Crippen LogP contribution in [0.4, 0.5) is 5.69 Å². The van der Waals surface area contributed by atoms with Crippen molar-refractivity contribution in [3.63, 3.8) is 0 Å². The molecule has 3 aromatic heterocycles. The van der Waals surface area contributed by atoms with Crippen LogP contribution in [0.25, 0.3) is 11.4 Å². The molecule has 4 aromatic rings. The van der Waals surface area contributed by atoms with Gasteiger partial charge in [-0.05, 0) is 62.4 Å². The standard InChI is InChI=1S/C23H21N5O3S/c1-15(29)17-7-9-19(10-8-17)25-22(30)16(2)32-23-27-26-21(18-5-3-11-24-13-18)28(23)14-20-6-4-12-31-20/h3-13,16H,14H2,1-2H3,(H,25,30). The molecule has 32 heavy (non-hydrogen) atoms. The fourth-order valence-corrected chi connectivity index (χ4v) is 3.88. The Hall–Kier alpha value is -3.72. The number of benzene rings is 1. The number of Topliss-reactive ketones (excluding diaryl/α,β-unsaturated/α-hetero) is 1. The maximum absolute atomic E-state index is 12.8. The second-order valence-corrected chi connectivity index (χ2v) is 8.40. The van der Waals surface area contributed by atoms with E-state index in [1.807, 2.05) is 28.8 Å². The Bertz CT molecular complexity index is 1200. The zero-order chi connectivity index (χ0) is 22.5. The SMILES string of the molecule is CC(=O)c1ccc(NC(=O)C(C)Sc2nnc(-c3cccnc3)n2Cc2ccco2)cc1. The predicted octanol–water partition coefficient (Wildman–Crippen LogP) is 4.30. The largest absolute Gasteiger partial charge is 0.467 e. The van der Waals surface area contributed by atoms with Gasteiger partial charge in [0.1, 0.15) is 5.76 Å². The van der Waals surface area contributed by atoms with Gasteiger partial charge in [-0.15, -0.1) is 10.2 Å². The molecule has 0 bridgehead atoms. The second-order valence-electron chi connectivity index (χ2n) is 7.10. The lowest BCUT2D eigenvalue weighted by atomic mass is 10.1. The lowest BCUT2D eigenvalue weighted by molar-refractivity contribution is -0.115. The smallest absolute Gasteiger partial charge is 0.237 e. The minimum atomic E-state index is -0.441. The third-order valence-electron chi connectivity index (χ3n) is 4.74. The van der Waals surface area contributed by atoms with Crippen LogP contribution >= 0.6 is 11.8 Å². The molecule has 9 heteroatoms. The summed E-state index contributed by atoms with van der Waals surface area (Å²) in [4.78, 5) is 28.3. The molecule has 1 unspecified atom stereocenters. The van der Waals surface area contributed by atoms with Gasteiger partial charge in [-0.1, -0.05) is 11.8 Å². The minimum Gasteiger partial charge on any atom is -0.467 e. The van der Waals surface area contributed by atoms with E-state index in [0.717, 1.165) is 11.3 Å².